The second-order valence-corrected chi connectivity index (χ2v) is 10.1. The predicted octanol–water partition coefficient (Wildman–Crippen LogP) is 3.19. The molecule has 2 aromatic carbocycles. The Labute approximate surface area is 221 Å². The summed E-state index contributed by atoms with van der Waals surface area (Å²) >= 11 is 1.82. The van der Waals surface area contributed by atoms with E-state index in [9.17, 15) is 24.5 Å². The van der Waals surface area contributed by atoms with Crippen LogP contribution in [0.4, 0.5) is 21.9 Å². The third-order valence-electron chi connectivity index (χ3n) is 5.53. The maximum atomic E-state index is 12.9. The van der Waals surface area contributed by atoms with Crippen LogP contribution >= 0.6 is 23.5 Å². The van der Waals surface area contributed by atoms with Gasteiger partial charge in [-0.05, 0) is 41.6 Å². The van der Waals surface area contributed by atoms with Crippen molar-refractivity contribution in [1.29, 1.82) is 0 Å². The zero-order valence-corrected chi connectivity index (χ0v) is 21.3. The molecule has 2 aromatic rings. The van der Waals surface area contributed by atoms with Gasteiger partial charge in [-0.1, -0.05) is 18.2 Å². The van der Waals surface area contributed by atoms with Crippen LogP contribution in [-0.2, 0) is 14.3 Å². The van der Waals surface area contributed by atoms with Gasteiger partial charge in [0.2, 0.25) is 5.91 Å². The Hall–Kier alpha value is -3.39. The van der Waals surface area contributed by atoms with Crippen LogP contribution in [0.5, 0.6) is 0 Å². The molecule has 2 aliphatic heterocycles. The number of thioether (sulfide) groups is 2. The van der Waals surface area contributed by atoms with E-state index < -0.39 is 28.5 Å². The molecule has 2 aliphatic rings. The fourth-order valence-corrected chi connectivity index (χ4v) is 5.42. The summed E-state index contributed by atoms with van der Waals surface area (Å²) in [6.45, 7) is 1.94. The number of amides is 3. The average molecular weight is 545 g/mol. The Balaban J connectivity index is 1.46. The SMILES string of the molecule is O=C(CN1C(=O)SC(=Cc2ccc(SCCO)c([N+](=O)[O-])c2)C1=O)Nc1ccccc1N1CCOCC1. The summed E-state index contributed by atoms with van der Waals surface area (Å²) in [5.74, 6) is -0.865. The summed E-state index contributed by atoms with van der Waals surface area (Å²) in [4.78, 5) is 52.5. The van der Waals surface area contributed by atoms with Crippen molar-refractivity contribution in [2.75, 3.05) is 55.4 Å². The number of anilines is 2. The number of rotatable bonds is 9. The number of nitrogens with zero attached hydrogens (tertiary/aromatic N) is 3. The summed E-state index contributed by atoms with van der Waals surface area (Å²) < 4.78 is 5.38. The van der Waals surface area contributed by atoms with Crippen molar-refractivity contribution in [3.8, 4) is 0 Å². The van der Waals surface area contributed by atoms with Crippen molar-refractivity contribution in [3.05, 3.63) is 63.0 Å². The molecule has 0 aromatic heterocycles. The van der Waals surface area contributed by atoms with Crippen molar-refractivity contribution in [2.45, 2.75) is 4.90 Å². The van der Waals surface area contributed by atoms with Gasteiger partial charge in [-0.15, -0.1) is 11.8 Å². The minimum Gasteiger partial charge on any atom is -0.396 e. The number of imide groups is 1. The standard InChI is InChI=1S/C24H24N4O7S2/c29-9-12-36-20-6-5-16(13-19(20)28(33)34)14-21-23(31)27(24(32)37-21)15-22(30)25-17-3-1-2-4-18(17)26-7-10-35-11-8-26/h1-6,13-14,29H,7-12,15H2,(H,25,30). The third kappa shape index (κ3) is 6.49. The fourth-order valence-electron chi connectivity index (χ4n) is 3.82. The summed E-state index contributed by atoms with van der Waals surface area (Å²) in [6.07, 6.45) is 1.39. The van der Waals surface area contributed by atoms with Gasteiger partial charge in [0.1, 0.15) is 6.54 Å². The molecule has 37 heavy (non-hydrogen) atoms. The number of para-hydroxylation sites is 2. The number of nitro groups is 1. The van der Waals surface area contributed by atoms with Crippen molar-refractivity contribution >= 4 is 63.7 Å². The number of nitrogens with one attached hydrogen (secondary N) is 1. The number of hydrogen-bond donors (Lipinski definition) is 2. The highest BCUT2D eigenvalue weighted by molar-refractivity contribution is 8.18. The van der Waals surface area contributed by atoms with E-state index in [0.29, 0.717) is 60.0 Å². The molecular weight excluding hydrogens is 520 g/mol. The van der Waals surface area contributed by atoms with Crippen LogP contribution in [0, 0.1) is 10.1 Å². The Kier molecular flexibility index (Phi) is 8.82. The lowest BCUT2D eigenvalue weighted by atomic mass is 10.2. The molecule has 0 bridgehead atoms. The lowest BCUT2D eigenvalue weighted by Gasteiger charge is -2.30. The second kappa shape index (κ2) is 12.2. The summed E-state index contributed by atoms with van der Waals surface area (Å²) in [5.41, 5.74) is 1.61. The first-order chi connectivity index (χ1) is 17.9. The van der Waals surface area contributed by atoms with Crippen LogP contribution in [0.25, 0.3) is 6.08 Å². The van der Waals surface area contributed by atoms with Crippen molar-refractivity contribution < 1.29 is 29.2 Å². The number of aliphatic hydroxyl groups excluding tert-OH is 1. The van der Waals surface area contributed by atoms with Crippen LogP contribution in [0.1, 0.15) is 5.56 Å². The monoisotopic (exact) mass is 544 g/mol. The van der Waals surface area contributed by atoms with Crippen LogP contribution in [0.15, 0.2) is 52.3 Å². The van der Waals surface area contributed by atoms with Gasteiger partial charge in [-0.3, -0.25) is 29.4 Å². The average Bonchev–Trinajstić information content (AvgIpc) is 3.15. The van der Waals surface area contributed by atoms with Crippen molar-refractivity contribution in [1.82, 2.24) is 4.90 Å². The highest BCUT2D eigenvalue weighted by Crippen LogP contribution is 2.35. The van der Waals surface area contributed by atoms with E-state index in [1.54, 1.807) is 18.2 Å². The van der Waals surface area contributed by atoms with Gasteiger partial charge in [-0.2, -0.15) is 0 Å². The number of aliphatic hydroxyl groups is 1. The molecule has 2 heterocycles. The molecule has 2 fully saturated rings. The van der Waals surface area contributed by atoms with Crippen LogP contribution in [0.3, 0.4) is 0 Å². The Morgan fingerprint density at radius 3 is 2.70 bits per heavy atom. The Morgan fingerprint density at radius 1 is 1.22 bits per heavy atom. The van der Waals surface area contributed by atoms with Gasteiger partial charge in [0, 0.05) is 24.9 Å². The Morgan fingerprint density at radius 2 is 1.97 bits per heavy atom. The number of hydrogen-bond acceptors (Lipinski definition) is 10. The highest BCUT2D eigenvalue weighted by atomic mass is 32.2. The van der Waals surface area contributed by atoms with Gasteiger partial charge < -0.3 is 20.1 Å². The zero-order valence-electron chi connectivity index (χ0n) is 19.6. The number of morpholine rings is 1. The molecule has 2 N–H and O–H groups in total. The molecule has 0 spiro atoms. The number of ether oxygens (including phenoxy) is 1. The number of benzene rings is 2. The fraction of sp³-hybridized carbons (Fsp3) is 0.292. The molecule has 0 aliphatic carbocycles. The third-order valence-corrected chi connectivity index (χ3v) is 7.48. The lowest BCUT2D eigenvalue weighted by Crippen LogP contribution is -2.38. The van der Waals surface area contributed by atoms with Gasteiger partial charge in [0.25, 0.3) is 16.8 Å². The van der Waals surface area contributed by atoms with E-state index in [1.807, 2.05) is 12.1 Å². The second-order valence-electron chi connectivity index (χ2n) is 7.99. The largest absolute Gasteiger partial charge is 0.396 e. The first-order valence-corrected chi connectivity index (χ1v) is 13.2. The summed E-state index contributed by atoms with van der Waals surface area (Å²) in [6, 6.07) is 11.7. The molecule has 2 saturated heterocycles. The molecule has 0 unspecified atom stereocenters. The van der Waals surface area contributed by atoms with Crippen LogP contribution < -0.4 is 10.2 Å². The Bertz CT molecular complexity index is 1250. The minimum atomic E-state index is -0.645. The van der Waals surface area contributed by atoms with Gasteiger partial charge in [-0.25, -0.2) is 0 Å². The lowest BCUT2D eigenvalue weighted by molar-refractivity contribution is -0.387. The van der Waals surface area contributed by atoms with Crippen LogP contribution in [0.2, 0.25) is 0 Å². The van der Waals surface area contributed by atoms with E-state index in [1.165, 1.54) is 18.2 Å². The predicted molar refractivity (Wildman–Crippen MR) is 142 cm³/mol. The molecule has 194 valence electrons. The quantitative estimate of drug-likeness (QED) is 0.209. The van der Waals surface area contributed by atoms with E-state index in [0.717, 1.165) is 22.3 Å². The maximum Gasteiger partial charge on any atom is 0.294 e. The molecule has 13 heteroatoms. The van der Waals surface area contributed by atoms with E-state index in [-0.39, 0.29) is 17.2 Å². The normalized spacial score (nSPS) is 16.9. The molecule has 0 saturated carbocycles. The number of nitro benzene ring substituents is 1. The van der Waals surface area contributed by atoms with Crippen molar-refractivity contribution in [2.24, 2.45) is 0 Å². The zero-order chi connectivity index (χ0) is 26.4. The highest BCUT2D eigenvalue weighted by Gasteiger charge is 2.36. The first kappa shape index (κ1) is 26.7. The van der Waals surface area contributed by atoms with E-state index in [2.05, 4.69) is 10.2 Å². The molecule has 0 radical (unpaired) electrons. The van der Waals surface area contributed by atoms with Crippen LogP contribution in [-0.4, -0.2) is 77.2 Å². The maximum absolute atomic E-state index is 12.9. The summed E-state index contributed by atoms with van der Waals surface area (Å²) in [7, 11) is 0. The van der Waals surface area contributed by atoms with E-state index >= 15 is 0 Å². The molecule has 3 amide bonds. The summed E-state index contributed by atoms with van der Waals surface area (Å²) in [5, 5.41) is 22.6. The minimum absolute atomic E-state index is 0.0663. The van der Waals surface area contributed by atoms with Crippen molar-refractivity contribution in [3.63, 3.8) is 0 Å². The molecule has 4 rings (SSSR count). The molecule has 0 atom stereocenters. The van der Waals surface area contributed by atoms with Gasteiger partial charge >= 0.3 is 0 Å². The van der Waals surface area contributed by atoms with E-state index in [4.69, 9.17) is 9.84 Å². The van der Waals surface area contributed by atoms with Gasteiger partial charge in [0.05, 0.1) is 45.9 Å². The molecule has 11 nitrogen and oxygen atoms in total. The van der Waals surface area contributed by atoms with Gasteiger partial charge in [0.15, 0.2) is 0 Å². The first-order valence-electron chi connectivity index (χ1n) is 11.4. The number of carbonyl (C=O) groups is 3. The smallest absolute Gasteiger partial charge is 0.294 e. The topological polar surface area (TPSA) is 142 Å². The number of carbonyl (C=O) groups excluding carboxylic acids is 3. The molecular formula is C24H24N4O7S2.